The minimum Gasteiger partial charge on any atom is -0.657 e. The summed E-state index contributed by atoms with van der Waals surface area (Å²) in [4.78, 5) is 22.2. The van der Waals surface area contributed by atoms with E-state index in [-0.39, 0.29) is 17.1 Å². The Balaban J connectivity index is 0.00000277. The van der Waals surface area contributed by atoms with Crippen LogP contribution in [0.15, 0.2) is 72.9 Å². The second-order valence-corrected chi connectivity index (χ2v) is 16.1. The van der Waals surface area contributed by atoms with Gasteiger partial charge in [-0.3, -0.25) is 0 Å². The van der Waals surface area contributed by atoms with Gasteiger partial charge in [0.15, 0.2) is 0 Å². The van der Waals surface area contributed by atoms with E-state index in [0.29, 0.717) is 47.3 Å². The number of hydrogen-bond acceptors (Lipinski definition) is 2. The summed E-state index contributed by atoms with van der Waals surface area (Å²) in [6.45, 7) is 0. The van der Waals surface area contributed by atoms with Gasteiger partial charge in [0.1, 0.15) is 0 Å². The van der Waals surface area contributed by atoms with Gasteiger partial charge in [-0.1, -0.05) is 95.1 Å². The van der Waals surface area contributed by atoms with Gasteiger partial charge < -0.3 is 9.97 Å². The molecule has 2 aliphatic heterocycles. The Kier molecular flexibility index (Phi) is 5.48. The van der Waals surface area contributed by atoms with Crippen LogP contribution >= 0.6 is 0 Å². The number of aromatic nitrogens is 4. The summed E-state index contributed by atoms with van der Waals surface area (Å²) in [5.74, 6) is 3.50. The maximum atomic E-state index is 5.55. The second kappa shape index (κ2) is 9.65. The largest absolute Gasteiger partial charge is 2.00 e. The first kappa shape index (κ1) is 27.9. The Morgan fingerprint density at radius 2 is 0.571 bits per heavy atom. The molecule has 243 valence electrons. The molecule has 5 heteroatoms. The Morgan fingerprint density at radius 1 is 0.347 bits per heavy atom. The molecule has 49 heavy (non-hydrogen) atoms. The average Bonchev–Trinajstić information content (AvgIpc) is 3.92. The molecule has 0 spiro atoms. The maximum Gasteiger partial charge on any atom is 2.00 e. The van der Waals surface area contributed by atoms with Gasteiger partial charge >= 0.3 is 17.1 Å². The maximum absolute atomic E-state index is 5.55. The fourth-order valence-electron chi connectivity index (χ4n) is 11.8. The first-order valence-corrected chi connectivity index (χ1v) is 18.7. The Morgan fingerprint density at radius 3 is 0.796 bits per heavy atom. The topological polar surface area (TPSA) is 54.0 Å². The number of rotatable bonds is 0. The Labute approximate surface area is 296 Å². The fraction of sp³-hybridized carbons (Fsp3) is 0.364. The zero-order valence-corrected chi connectivity index (χ0v) is 28.2. The van der Waals surface area contributed by atoms with Gasteiger partial charge in [0.2, 0.25) is 0 Å². The molecule has 3 aromatic rings. The summed E-state index contributed by atoms with van der Waals surface area (Å²) < 4.78 is 0. The van der Waals surface area contributed by atoms with Crippen LogP contribution in [0.2, 0.25) is 0 Å². The number of fused-ring (bicyclic) bond motifs is 12. The van der Waals surface area contributed by atoms with E-state index in [1.54, 1.807) is 0 Å². The summed E-state index contributed by atoms with van der Waals surface area (Å²) in [7, 11) is 0. The molecule has 4 nitrogen and oxygen atoms in total. The quantitative estimate of drug-likeness (QED) is 0.175. The van der Waals surface area contributed by atoms with E-state index < -0.39 is 0 Å². The molecule has 16 bridgehead atoms. The first-order chi connectivity index (χ1) is 23.7. The zero-order valence-electron chi connectivity index (χ0n) is 27.3. The smallest absolute Gasteiger partial charge is 0.657 e. The summed E-state index contributed by atoms with van der Waals surface area (Å²) in [6, 6.07) is 9.51. The molecule has 0 aromatic carbocycles. The summed E-state index contributed by atoms with van der Waals surface area (Å²) in [5.41, 5.74) is 20.8. The number of allylic oxidation sites excluding steroid dienone is 12. The fourth-order valence-corrected chi connectivity index (χ4v) is 11.8. The zero-order chi connectivity index (χ0) is 30.8. The summed E-state index contributed by atoms with van der Waals surface area (Å²) in [5, 5.41) is 0. The van der Waals surface area contributed by atoms with E-state index in [1.807, 2.05) is 0 Å². The molecule has 17 rings (SSSR count). The Hall–Kier alpha value is -3.92. The normalized spacial score (nSPS) is 32.8. The monoisotopic (exact) mass is 683 g/mol. The first-order valence-electron chi connectivity index (χ1n) is 18.7. The van der Waals surface area contributed by atoms with Crippen LogP contribution in [-0.2, 0) is 17.1 Å². The van der Waals surface area contributed by atoms with E-state index in [0.717, 1.165) is 44.8 Å². The van der Waals surface area contributed by atoms with Crippen LogP contribution < -0.4 is 9.97 Å². The molecule has 14 aliphatic rings. The van der Waals surface area contributed by atoms with Crippen molar-refractivity contribution < 1.29 is 17.1 Å². The van der Waals surface area contributed by atoms with E-state index in [1.165, 1.54) is 95.9 Å². The third-order valence-electron chi connectivity index (χ3n) is 13.8. The minimum atomic E-state index is 0. The van der Waals surface area contributed by atoms with E-state index in [4.69, 9.17) is 19.9 Å². The van der Waals surface area contributed by atoms with Crippen molar-refractivity contribution in [2.75, 3.05) is 0 Å². The van der Waals surface area contributed by atoms with Crippen LogP contribution in [0.4, 0.5) is 0 Å². The van der Waals surface area contributed by atoms with Crippen molar-refractivity contribution in [2.45, 2.75) is 75.0 Å². The molecule has 1 radical (unpaired) electrons. The third kappa shape index (κ3) is 3.56. The van der Waals surface area contributed by atoms with Gasteiger partial charge in [-0.15, -0.1) is 22.1 Å². The molecule has 12 aliphatic carbocycles. The van der Waals surface area contributed by atoms with Crippen molar-refractivity contribution in [3.8, 4) is 0 Å². The van der Waals surface area contributed by atoms with Crippen LogP contribution in [0, 0.1) is 23.7 Å². The molecule has 0 amide bonds. The van der Waals surface area contributed by atoms with Crippen molar-refractivity contribution in [3.05, 3.63) is 118 Å². The van der Waals surface area contributed by atoms with E-state index in [9.17, 15) is 0 Å². The van der Waals surface area contributed by atoms with Crippen molar-refractivity contribution in [1.82, 2.24) is 19.9 Å². The van der Waals surface area contributed by atoms with Crippen molar-refractivity contribution in [2.24, 2.45) is 23.7 Å². The van der Waals surface area contributed by atoms with Crippen molar-refractivity contribution in [3.63, 3.8) is 0 Å². The van der Waals surface area contributed by atoms with E-state index in [2.05, 4.69) is 72.9 Å². The van der Waals surface area contributed by atoms with Crippen LogP contribution in [0.5, 0.6) is 0 Å². The van der Waals surface area contributed by atoms with Crippen LogP contribution in [-0.4, -0.2) is 9.97 Å². The molecule has 0 N–H and O–H groups in total. The molecule has 3 aromatic heterocycles. The SMILES string of the molecule is C1=CC2CCC1C1=C2c2cc3[n-]c(cc4nc(cc5[n-]c(cc1n2)c1c5C2C=CC1CC2)C1=C4C2C=CC1CC2)c1c3C2C=CC1CC2.[Cu+2]. The molecular weight excluding hydrogens is 648 g/mol. The van der Waals surface area contributed by atoms with Crippen LogP contribution in [0.1, 0.15) is 120 Å². The molecule has 0 saturated heterocycles. The van der Waals surface area contributed by atoms with Gasteiger partial charge in [0.25, 0.3) is 0 Å². The summed E-state index contributed by atoms with van der Waals surface area (Å²) in [6.07, 6.45) is 29.4. The molecular formula is C44H36CuN4. The van der Waals surface area contributed by atoms with Gasteiger partial charge in [0.05, 0.1) is 22.8 Å². The van der Waals surface area contributed by atoms with Crippen LogP contribution in [0.25, 0.3) is 44.4 Å². The second-order valence-electron chi connectivity index (χ2n) is 16.1. The third-order valence-corrected chi connectivity index (χ3v) is 13.8. The summed E-state index contributed by atoms with van der Waals surface area (Å²) >= 11 is 0. The predicted molar refractivity (Wildman–Crippen MR) is 191 cm³/mol. The van der Waals surface area contributed by atoms with Crippen molar-refractivity contribution in [1.29, 1.82) is 0 Å². The molecule has 8 atom stereocenters. The predicted octanol–water partition coefficient (Wildman–Crippen LogP) is 9.65. The Bertz CT molecular complexity index is 2100. The van der Waals surface area contributed by atoms with Gasteiger partial charge in [0, 0.05) is 47.3 Å². The van der Waals surface area contributed by atoms with Gasteiger partial charge in [-0.25, -0.2) is 9.97 Å². The molecule has 5 heterocycles. The molecule has 0 saturated carbocycles. The average molecular weight is 684 g/mol. The van der Waals surface area contributed by atoms with Gasteiger partial charge in [-0.2, -0.15) is 0 Å². The number of nitrogens with zero attached hydrogens (tertiary/aromatic N) is 4. The molecule has 0 fully saturated rings. The van der Waals surface area contributed by atoms with Crippen LogP contribution in [0.3, 0.4) is 0 Å². The van der Waals surface area contributed by atoms with Gasteiger partial charge in [-0.05, 0) is 73.7 Å². The minimum absolute atomic E-state index is 0. The van der Waals surface area contributed by atoms with E-state index >= 15 is 0 Å². The molecule has 8 unspecified atom stereocenters. The standard InChI is InChI=1S/C44H36N4.Cu/c1-2-22-4-3-21(1)37-29-17-31-39-23-5-7-25(8-6-23)41(39)33(46-31)19-35-43-27-13-15-28(16-14-27)44(43)36(48-35)20-34-42-26-11-9-24(10-12-26)40(42)32(47-34)18-30(45-29)38(22)37;/h1-2,5,7,9,11,13,15,17-28H,3-4,6,8,10,12,14,16H2;/q-2;+2. The van der Waals surface area contributed by atoms with Crippen molar-refractivity contribution >= 4 is 44.4 Å². The number of hydrogen-bond donors (Lipinski definition) is 0.